The summed E-state index contributed by atoms with van der Waals surface area (Å²) in [7, 11) is 0. The van der Waals surface area contributed by atoms with Crippen molar-refractivity contribution in [1.82, 2.24) is 0 Å². The number of benzene rings is 1. The van der Waals surface area contributed by atoms with Crippen molar-refractivity contribution in [2.75, 3.05) is 5.32 Å². The van der Waals surface area contributed by atoms with Crippen LogP contribution in [-0.2, 0) is 24.1 Å². The van der Waals surface area contributed by atoms with Crippen LogP contribution in [0.3, 0.4) is 0 Å². The van der Waals surface area contributed by atoms with E-state index in [2.05, 4.69) is 5.32 Å². The van der Waals surface area contributed by atoms with Crippen molar-refractivity contribution in [2.45, 2.75) is 32.6 Å². The van der Waals surface area contributed by atoms with Gasteiger partial charge in [-0.05, 0) is 49.4 Å². The molecule has 3 rings (SSSR count). The van der Waals surface area contributed by atoms with E-state index in [1.807, 2.05) is 18.2 Å². The number of aliphatic carboxylic acids is 1. The Bertz CT molecular complexity index is 745. The first-order valence-corrected chi connectivity index (χ1v) is 7.26. The van der Waals surface area contributed by atoms with Crippen LogP contribution in [0.1, 0.15) is 39.2 Å². The molecule has 114 valence electrons. The van der Waals surface area contributed by atoms with E-state index in [1.165, 1.54) is 17.4 Å². The molecule has 0 bridgehead atoms. The van der Waals surface area contributed by atoms with Crippen LogP contribution >= 0.6 is 0 Å². The molecule has 5 nitrogen and oxygen atoms in total. The van der Waals surface area contributed by atoms with Crippen molar-refractivity contribution < 1.29 is 19.1 Å². The fourth-order valence-corrected chi connectivity index (χ4v) is 2.91. The Kier molecular flexibility index (Phi) is 3.71. The van der Waals surface area contributed by atoms with E-state index < -0.39 is 5.97 Å². The molecule has 1 aliphatic rings. The monoisotopic (exact) mass is 299 g/mol. The Morgan fingerprint density at radius 3 is 2.82 bits per heavy atom. The van der Waals surface area contributed by atoms with E-state index in [1.54, 1.807) is 6.92 Å². The van der Waals surface area contributed by atoms with Gasteiger partial charge in [0.05, 0.1) is 11.8 Å². The number of fused-ring (bicyclic) bond motifs is 1. The summed E-state index contributed by atoms with van der Waals surface area (Å²) < 4.78 is 5.20. The Hall–Kier alpha value is -2.56. The van der Waals surface area contributed by atoms with Crippen molar-refractivity contribution in [3.63, 3.8) is 0 Å². The quantitative estimate of drug-likeness (QED) is 0.909. The zero-order valence-electron chi connectivity index (χ0n) is 12.3. The molecule has 22 heavy (non-hydrogen) atoms. The maximum Gasteiger partial charge on any atom is 0.311 e. The van der Waals surface area contributed by atoms with Gasteiger partial charge in [0.2, 0.25) is 0 Å². The minimum absolute atomic E-state index is 0.184. The van der Waals surface area contributed by atoms with E-state index in [-0.39, 0.29) is 18.1 Å². The van der Waals surface area contributed by atoms with Crippen LogP contribution in [0.25, 0.3) is 0 Å². The zero-order chi connectivity index (χ0) is 15.7. The third kappa shape index (κ3) is 2.74. The first-order chi connectivity index (χ1) is 10.5. The number of amides is 1. The Morgan fingerprint density at radius 2 is 2.05 bits per heavy atom. The lowest BCUT2D eigenvalue weighted by Gasteiger charge is -2.08. The van der Waals surface area contributed by atoms with Crippen molar-refractivity contribution in [3.8, 4) is 0 Å². The van der Waals surface area contributed by atoms with E-state index in [0.29, 0.717) is 11.1 Å². The van der Waals surface area contributed by atoms with Crippen molar-refractivity contribution in [3.05, 3.63) is 52.5 Å². The average Bonchev–Trinajstić information content (AvgIpc) is 3.04. The number of carboxylic acids is 1. The molecule has 0 spiro atoms. The van der Waals surface area contributed by atoms with Gasteiger partial charge in [0.25, 0.3) is 5.91 Å². The van der Waals surface area contributed by atoms with Gasteiger partial charge < -0.3 is 14.8 Å². The van der Waals surface area contributed by atoms with Gasteiger partial charge in [0.15, 0.2) is 0 Å². The number of furan rings is 1. The molecule has 1 aliphatic carbocycles. The molecule has 1 heterocycles. The van der Waals surface area contributed by atoms with Crippen molar-refractivity contribution in [2.24, 2.45) is 0 Å². The maximum absolute atomic E-state index is 12.4. The number of hydrogen-bond donors (Lipinski definition) is 2. The van der Waals surface area contributed by atoms with E-state index >= 15 is 0 Å². The molecule has 5 heteroatoms. The number of aryl methyl sites for hydroxylation is 3. The summed E-state index contributed by atoms with van der Waals surface area (Å²) in [5, 5.41) is 11.7. The number of anilines is 1. The van der Waals surface area contributed by atoms with Gasteiger partial charge in [-0.1, -0.05) is 6.07 Å². The summed E-state index contributed by atoms with van der Waals surface area (Å²) in [6, 6.07) is 5.92. The molecule has 0 fully saturated rings. The number of rotatable bonds is 4. The highest BCUT2D eigenvalue weighted by atomic mass is 16.4. The largest absolute Gasteiger partial charge is 0.481 e. The van der Waals surface area contributed by atoms with E-state index in [9.17, 15) is 9.59 Å². The molecule has 0 saturated heterocycles. The Morgan fingerprint density at radius 1 is 1.27 bits per heavy atom. The predicted molar refractivity (Wildman–Crippen MR) is 81.2 cm³/mol. The number of nitrogens with one attached hydrogen (secondary N) is 1. The van der Waals surface area contributed by atoms with Crippen LogP contribution in [0.4, 0.5) is 5.69 Å². The molecular formula is C17H17NO4. The SMILES string of the molecule is Cc1coc(CC(=O)O)c1C(=O)Nc1ccc2c(c1)CCC2. The zero-order valence-corrected chi connectivity index (χ0v) is 12.3. The molecule has 0 saturated carbocycles. The average molecular weight is 299 g/mol. The second-order valence-corrected chi connectivity index (χ2v) is 5.58. The summed E-state index contributed by atoms with van der Waals surface area (Å²) >= 11 is 0. The minimum Gasteiger partial charge on any atom is -0.481 e. The van der Waals surface area contributed by atoms with Crippen molar-refractivity contribution >= 4 is 17.6 Å². The topological polar surface area (TPSA) is 79.5 Å². The molecule has 0 radical (unpaired) electrons. The molecule has 1 aromatic carbocycles. The lowest BCUT2D eigenvalue weighted by molar-refractivity contribution is -0.136. The Labute approximate surface area is 127 Å². The normalized spacial score (nSPS) is 13.0. The van der Waals surface area contributed by atoms with Gasteiger partial charge in [-0.2, -0.15) is 0 Å². The number of carbonyl (C=O) groups is 2. The van der Waals surface area contributed by atoms with Crippen LogP contribution in [0.2, 0.25) is 0 Å². The highest BCUT2D eigenvalue weighted by Crippen LogP contribution is 2.26. The molecule has 0 unspecified atom stereocenters. The predicted octanol–water partition coefficient (Wildman–Crippen LogP) is 2.96. The molecule has 2 N–H and O–H groups in total. The minimum atomic E-state index is -1.03. The third-order valence-electron chi connectivity index (χ3n) is 3.95. The van der Waals surface area contributed by atoms with Gasteiger partial charge in [0, 0.05) is 11.3 Å². The highest BCUT2D eigenvalue weighted by molar-refractivity contribution is 6.06. The summed E-state index contributed by atoms with van der Waals surface area (Å²) in [4.78, 5) is 23.3. The smallest absolute Gasteiger partial charge is 0.311 e. The van der Waals surface area contributed by atoms with Gasteiger partial charge >= 0.3 is 5.97 Å². The Balaban J connectivity index is 1.83. The molecule has 1 aromatic heterocycles. The molecule has 0 atom stereocenters. The second kappa shape index (κ2) is 5.67. The van der Waals surface area contributed by atoms with E-state index in [0.717, 1.165) is 24.9 Å². The van der Waals surface area contributed by atoms with Crippen LogP contribution in [0.5, 0.6) is 0 Å². The summed E-state index contributed by atoms with van der Waals surface area (Å²) in [5.41, 5.74) is 4.28. The number of carboxylic acid groups (broad SMARTS) is 1. The fourth-order valence-electron chi connectivity index (χ4n) is 2.91. The first kappa shape index (κ1) is 14.4. The second-order valence-electron chi connectivity index (χ2n) is 5.58. The molecule has 1 amide bonds. The molecule has 0 aliphatic heterocycles. The van der Waals surface area contributed by atoms with Crippen LogP contribution in [0.15, 0.2) is 28.9 Å². The number of carbonyl (C=O) groups excluding carboxylic acids is 1. The standard InChI is InChI=1S/C17H17NO4/c1-10-9-22-14(8-15(19)20)16(10)17(21)18-13-6-5-11-3-2-4-12(11)7-13/h5-7,9H,2-4,8H2,1H3,(H,18,21)(H,19,20). The van der Waals surface area contributed by atoms with E-state index in [4.69, 9.17) is 9.52 Å². The van der Waals surface area contributed by atoms with Gasteiger partial charge in [0.1, 0.15) is 12.2 Å². The van der Waals surface area contributed by atoms with Crippen molar-refractivity contribution in [1.29, 1.82) is 0 Å². The van der Waals surface area contributed by atoms with Crippen LogP contribution < -0.4 is 5.32 Å². The lowest BCUT2D eigenvalue weighted by Crippen LogP contribution is -2.15. The highest BCUT2D eigenvalue weighted by Gasteiger charge is 2.21. The fraction of sp³-hybridized carbons (Fsp3) is 0.294. The first-order valence-electron chi connectivity index (χ1n) is 7.26. The van der Waals surface area contributed by atoms with Gasteiger partial charge in [-0.25, -0.2) is 0 Å². The van der Waals surface area contributed by atoms with Gasteiger partial charge in [-0.3, -0.25) is 9.59 Å². The summed E-state index contributed by atoms with van der Waals surface area (Å²) in [5.74, 6) is -1.18. The molecular weight excluding hydrogens is 282 g/mol. The third-order valence-corrected chi connectivity index (χ3v) is 3.95. The van der Waals surface area contributed by atoms with Crippen LogP contribution in [-0.4, -0.2) is 17.0 Å². The summed E-state index contributed by atoms with van der Waals surface area (Å²) in [6.45, 7) is 1.73. The summed E-state index contributed by atoms with van der Waals surface area (Å²) in [6.07, 6.45) is 4.38. The van der Waals surface area contributed by atoms with Crippen LogP contribution in [0, 0.1) is 6.92 Å². The maximum atomic E-state index is 12.4. The van der Waals surface area contributed by atoms with Gasteiger partial charge in [-0.15, -0.1) is 0 Å². The lowest BCUT2D eigenvalue weighted by atomic mass is 10.1. The number of hydrogen-bond acceptors (Lipinski definition) is 3. The molecule has 2 aromatic rings.